The van der Waals surface area contributed by atoms with Crippen molar-refractivity contribution in [3.63, 3.8) is 0 Å². The van der Waals surface area contributed by atoms with E-state index in [4.69, 9.17) is 5.11 Å². The van der Waals surface area contributed by atoms with Gasteiger partial charge in [-0.2, -0.15) is 13.2 Å². The molecule has 0 aromatic heterocycles. The monoisotopic (exact) mass is 293 g/mol. The van der Waals surface area contributed by atoms with Crippen molar-refractivity contribution >= 4 is 5.97 Å². The van der Waals surface area contributed by atoms with E-state index in [-0.39, 0.29) is 19.5 Å². The Balaban J connectivity index is 1.98. The second kappa shape index (κ2) is 5.92. The van der Waals surface area contributed by atoms with E-state index in [0.717, 1.165) is 25.7 Å². The molecule has 6 heteroatoms. The number of hydrogen-bond acceptors (Lipinski definition) is 2. The van der Waals surface area contributed by atoms with Crippen molar-refractivity contribution in [2.24, 2.45) is 11.3 Å². The van der Waals surface area contributed by atoms with Gasteiger partial charge in [-0.25, -0.2) is 0 Å². The zero-order valence-electron chi connectivity index (χ0n) is 11.6. The molecule has 0 amide bonds. The molecule has 0 aromatic rings. The second-order valence-corrected chi connectivity index (χ2v) is 6.23. The van der Waals surface area contributed by atoms with Crippen LogP contribution in [-0.4, -0.2) is 41.8 Å². The van der Waals surface area contributed by atoms with Crippen LogP contribution in [0.15, 0.2) is 0 Å². The van der Waals surface area contributed by atoms with Crippen molar-refractivity contribution in [2.75, 3.05) is 19.6 Å². The lowest BCUT2D eigenvalue weighted by Crippen LogP contribution is -2.47. The lowest BCUT2D eigenvalue weighted by atomic mass is 9.86. The summed E-state index contributed by atoms with van der Waals surface area (Å²) in [6.07, 6.45) is 1.82. The third-order valence-corrected chi connectivity index (χ3v) is 4.79. The third-order valence-electron chi connectivity index (χ3n) is 4.79. The summed E-state index contributed by atoms with van der Waals surface area (Å²) in [4.78, 5) is 12.8. The number of halogens is 3. The summed E-state index contributed by atoms with van der Waals surface area (Å²) in [5.74, 6) is -1.30. The van der Waals surface area contributed by atoms with Gasteiger partial charge in [0, 0.05) is 13.1 Å². The predicted octanol–water partition coefficient (Wildman–Crippen LogP) is 3.30. The van der Waals surface area contributed by atoms with E-state index in [1.165, 1.54) is 12.8 Å². The topological polar surface area (TPSA) is 40.5 Å². The minimum absolute atomic E-state index is 0.238. The minimum Gasteiger partial charge on any atom is -0.481 e. The Bertz CT molecular complexity index is 351. The molecule has 1 N–H and O–H groups in total. The Kier molecular flexibility index (Phi) is 4.62. The summed E-state index contributed by atoms with van der Waals surface area (Å²) in [5.41, 5.74) is -2.56. The molecule has 2 fully saturated rings. The summed E-state index contributed by atoms with van der Waals surface area (Å²) >= 11 is 0. The fourth-order valence-corrected chi connectivity index (χ4v) is 3.48. The molecule has 0 bridgehead atoms. The molecule has 20 heavy (non-hydrogen) atoms. The molecule has 2 rings (SSSR count). The summed E-state index contributed by atoms with van der Waals surface area (Å²) in [5, 5.41) is 9.02. The average molecular weight is 293 g/mol. The van der Waals surface area contributed by atoms with Gasteiger partial charge in [-0.05, 0) is 31.7 Å². The van der Waals surface area contributed by atoms with Crippen LogP contribution in [-0.2, 0) is 4.79 Å². The molecular formula is C14H22F3NO2. The number of rotatable bonds is 3. The SMILES string of the molecule is O=C(O)C1(C(F)(F)F)CCN(CC2CCCCCC2)C1. The zero-order valence-corrected chi connectivity index (χ0v) is 11.6. The molecule has 3 nitrogen and oxygen atoms in total. The van der Waals surface area contributed by atoms with Crippen molar-refractivity contribution in [1.29, 1.82) is 0 Å². The number of carbonyl (C=O) groups is 1. The highest BCUT2D eigenvalue weighted by Crippen LogP contribution is 2.46. The van der Waals surface area contributed by atoms with Gasteiger partial charge < -0.3 is 10.0 Å². The molecule has 1 aliphatic heterocycles. The molecule has 1 aliphatic carbocycles. The van der Waals surface area contributed by atoms with Crippen molar-refractivity contribution in [1.82, 2.24) is 4.90 Å². The molecule has 1 heterocycles. The van der Waals surface area contributed by atoms with E-state index >= 15 is 0 Å². The first-order chi connectivity index (χ1) is 9.35. The number of hydrogen-bond donors (Lipinski definition) is 1. The van der Waals surface area contributed by atoms with Crippen LogP contribution >= 0.6 is 0 Å². The third kappa shape index (κ3) is 3.10. The maximum Gasteiger partial charge on any atom is 0.406 e. The van der Waals surface area contributed by atoms with Crippen LogP contribution in [0.25, 0.3) is 0 Å². The van der Waals surface area contributed by atoms with Gasteiger partial charge in [0.05, 0.1) is 0 Å². The molecule has 0 spiro atoms. The average Bonchev–Trinajstić information content (AvgIpc) is 2.62. The number of likely N-dealkylation sites (tertiary alicyclic amines) is 1. The van der Waals surface area contributed by atoms with Crippen molar-refractivity contribution < 1.29 is 23.1 Å². The van der Waals surface area contributed by atoms with Crippen LogP contribution in [0.1, 0.15) is 44.9 Å². The predicted molar refractivity (Wildman–Crippen MR) is 68.4 cm³/mol. The highest BCUT2D eigenvalue weighted by Gasteiger charge is 2.63. The van der Waals surface area contributed by atoms with Crippen molar-refractivity contribution in [2.45, 2.75) is 51.1 Å². The summed E-state index contributed by atoms with van der Waals surface area (Å²) in [7, 11) is 0. The summed E-state index contributed by atoms with van der Waals surface area (Å²) in [6.45, 7) is 0.468. The zero-order chi connectivity index (χ0) is 14.8. The summed E-state index contributed by atoms with van der Waals surface area (Å²) < 4.78 is 39.2. The second-order valence-electron chi connectivity index (χ2n) is 6.23. The highest BCUT2D eigenvalue weighted by atomic mass is 19.4. The standard InChI is InChI=1S/C14H22F3NO2/c15-14(16,17)13(12(19)20)7-8-18(10-13)9-11-5-3-1-2-4-6-11/h11H,1-10H2,(H,19,20). The van der Waals surface area contributed by atoms with Crippen LogP contribution in [0, 0.1) is 11.3 Å². The first-order valence-corrected chi connectivity index (χ1v) is 7.38. The van der Waals surface area contributed by atoms with Gasteiger partial charge in [0.1, 0.15) is 0 Å². The number of nitrogens with zero attached hydrogens (tertiary/aromatic N) is 1. The van der Waals surface area contributed by atoms with Gasteiger partial charge in [0.15, 0.2) is 5.41 Å². The maximum atomic E-state index is 13.1. The maximum absolute atomic E-state index is 13.1. The van der Waals surface area contributed by atoms with Crippen LogP contribution < -0.4 is 0 Å². The molecule has 1 atom stereocenters. The minimum atomic E-state index is -4.67. The molecular weight excluding hydrogens is 271 g/mol. The van der Waals surface area contributed by atoms with E-state index in [2.05, 4.69) is 0 Å². The number of alkyl halides is 3. The first-order valence-electron chi connectivity index (χ1n) is 7.38. The fourth-order valence-electron chi connectivity index (χ4n) is 3.48. The lowest BCUT2D eigenvalue weighted by molar-refractivity contribution is -0.227. The Morgan fingerprint density at radius 2 is 1.80 bits per heavy atom. The first kappa shape index (κ1) is 15.6. The largest absolute Gasteiger partial charge is 0.481 e. The van der Waals surface area contributed by atoms with Crippen molar-refractivity contribution in [3.05, 3.63) is 0 Å². The van der Waals surface area contributed by atoms with Gasteiger partial charge >= 0.3 is 12.1 Å². The Morgan fingerprint density at radius 1 is 1.20 bits per heavy atom. The van der Waals surface area contributed by atoms with Crippen LogP contribution in [0.4, 0.5) is 13.2 Å². The van der Waals surface area contributed by atoms with Crippen LogP contribution in [0.5, 0.6) is 0 Å². The van der Waals surface area contributed by atoms with Crippen molar-refractivity contribution in [3.8, 4) is 0 Å². The number of aliphatic carboxylic acids is 1. The molecule has 1 saturated heterocycles. The molecule has 0 radical (unpaired) electrons. The van der Waals surface area contributed by atoms with E-state index in [1.54, 1.807) is 4.90 Å². The quantitative estimate of drug-likeness (QED) is 0.812. The van der Waals surface area contributed by atoms with E-state index < -0.39 is 17.6 Å². The Labute approximate surface area is 117 Å². The summed E-state index contributed by atoms with van der Waals surface area (Å²) in [6, 6.07) is 0. The van der Waals surface area contributed by atoms with Crippen LogP contribution in [0.3, 0.4) is 0 Å². The highest BCUT2D eigenvalue weighted by molar-refractivity contribution is 5.76. The van der Waals surface area contributed by atoms with Gasteiger partial charge in [-0.3, -0.25) is 4.79 Å². The lowest BCUT2D eigenvalue weighted by Gasteiger charge is -2.28. The molecule has 116 valence electrons. The van der Waals surface area contributed by atoms with E-state index in [1.807, 2.05) is 0 Å². The molecule has 1 unspecified atom stereocenters. The molecule has 1 saturated carbocycles. The molecule has 0 aromatic carbocycles. The van der Waals surface area contributed by atoms with Gasteiger partial charge in [0.2, 0.25) is 0 Å². The van der Waals surface area contributed by atoms with Gasteiger partial charge in [-0.15, -0.1) is 0 Å². The Hall–Kier alpha value is -0.780. The van der Waals surface area contributed by atoms with Gasteiger partial charge in [0.25, 0.3) is 0 Å². The smallest absolute Gasteiger partial charge is 0.406 e. The Morgan fingerprint density at radius 3 is 2.25 bits per heavy atom. The number of carboxylic acids is 1. The molecule has 2 aliphatic rings. The van der Waals surface area contributed by atoms with Crippen LogP contribution in [0.2, 0.25) is 0 Å². The normalized spacial score (nSPS) is 30.4. The fraction of sp³-hybridized carbons (Fsp3) is 0.929. The van der Waals surface area contributed by atoms with Gasteiger partial charge in [-0.1, -0.05) is 25.7 Å². The van der Waals surface area contributed by atoms with E-state index in [9.17, 15) is 18.0 Å². The van der Waals surface area contributed by atoms with E-state index in [0.29, 0.717) is 12.5 Å². The number of carboxylic acid groups (broad SMARTS) is 1.